The number of benzene rings is 1. The van der Waals surface area contributed by atoms with Crippen molar-refractivity contribution in [3.63, 3.8) is 0 Å². The highest BCUT2D eigenvalue weighted by Crippen LogP contribution is 2.35. The Morgan fingerprint density at radius 1 is 1.33 bits per heavy atom. The SMILES string of the molecule is Cc1nn(C)c(C)c1[C@H]1CCCN1C(=O)Cc1ccc(C#N)cc1. The number of hydrogen-bond donors (Lipinski definition) is 0. The first kappa shape index (κ1) is 16.3. The van der Waals surface area contributed by atoms with Gasteiger partial charge in [0.1, 0.15) is 0 Å². The van der Waals surface area contributed by atoms with Gasteiger partial charge in [0, 0.05) is 24.8 Å². The molecule has 24 heavy (non-hydrogen) atoms. The van der Waals surface area contributed by atoms with E-state index in [2.05, 4.69) is 18.1 Å². The third-order valence-corrected chi connectivity index (χ3v) is 4.91. The smallest absolute Gasteiger partial charge is 0.227 e. The van der Waals surface area contributed by atoms with Crippen LogP contribution in [0, 0.1) is 25.2 Å². The number of carbonyl (C=O) groups excluding carboxylic acids is 1. The summed E-state index contributed by atoms with van der Waals surface area (Å²) in [6.45, 7) is 4.88. The van der Waals surface area contributed by atoms with Crippen molar-refractivity contribution >= 4 is 5.91 Å². The average molecular weight is 322 g/mol. The molecule has 1 aromatic heterocycles. The Labute approximate surface area is 142 Å². The van der Waals surface area contributed by atoms with Crippen LogP contribution in [0.4, 0.5) is 0 Å². The van der Waals surface area contributed by atoms with E-state index in [9.17, 15) is 4.79 Å². The summed E-state index contributed by atoms with van der Waals surface area (Å²) in [6.07, 6.45) is 2.39. The predicted molar refractivity (Wildman–Crippen MR) is 91.2 cm³/mol. The molecule has 5 nitrogen and oxygen atoms in total. The molecular formula is C19H22N4O. The first-order valence-electron chi connectivity index (χ1n) is 8.30. The molecule has 1 amide bonds. The summed E-state index contributed by atoms with van der Waals surface area (Å²) in [5.41, 5.74) is 4.91. The number of nitrogens with zero attached hydrogens (tertiary/aromatic N) is 4. The van der Waals surface area contributed by atoms with Gasteiger partial charge in [0.2, 0.25) is 5.91 Å². The van der Waals surface area contributed by atoms with Gasteiger partial charge in [0.05, 0.1) is 29.8 Å². The molecule has 0 saturated carbocycles. The Hall–Kier alpha value is -2.61. The Kier molecular flexibility index (Phi) is 4.39. The number of nitriles is 1. The van der Waals surface area contributed by atoms with Crippen molar-refractivity contribution in [1.82, 2.24) is 14.7 Å². The van der Waals surface area contributed by atoms with Crippen LogP contribution in [0.1, 0.15) is 47.0 Å². The van der Waals surface area contributed by atoms with Gasteiger partial charge in [0.25, 0.3) is 0 Å². The van der Waals surface area contributed by atoms with Gasteiger partial charge >= 0.3 is 0 Å². The molecule has 0 aliphatic carbocycles. The monoisotopic (exact) mass is 322 g/mol. The normalized spacial score (nSPS) is 17.1. The van der Waals surface area contributed by atoms with Crippen LogP contribution in [0.15, 0.2) is 24.3 Å². The predicted octanol–water partition coefficient (Wildman–Crippen LogP) is 2.81. The molecule has 1 aromatic carbocycles. The first-order valence-corrected chi connectivity index (χ1v) is 8.30. The van der Waals surface area contributed by atoms with Gasteiger partial charge in [-0.3, -0.25) is 9.48 Å². The quantitative estimate of drug-likeness (QED) is 0.873. The van der Waals surface area contributed by atoms with Gasteiger partial charge in [-0.25, -0.2) is 0 Å². The van der Waals surface area contributed by atoms with E-state index in [-0.39, 0.29) is 11.9 Å². The van der Waals surface area contributed by atoms with E-state index in [1.165, 1.54) is 5.56 Å². The van der Waals surface area contributed by atoms with Crippen molar-refractivity contribution in [3.05, 3.63) is 52.3 Å². The molecule has 0 bridgehead atoms. The maximum atomic E-state index is 12.8. The van der Waals surface area contributed by atoms with Crippen molar-refractivity contribution in [2.45, 2.75) is 39.2 Å². The lowest BCUT2D eigenvalue weighted by molar-refractivity contribution is -0.131. The zero-order valence-corrected chi connectivity index (χ0v) is 14.4. The Bertz CT molecular complexity index is 798. The minimum absolute atomic E-state index is 0.129. The van der Waals surface area contributed by atoms with Crippen LogP contribution >= 0.6 is 0 Å². The van der Waals surface area contributed by atoms with Crippen molar-refractivity contribution in [2.75, 3.05) is 6.54 Å². The van der Waals surface area contributed by atoms with Gasteiger partial charge in [0.15, 0.2) is 0 Å². The van der Waals surface area contributed by atoms with E-state index in [4.69, 9.17) is 5.26 Å². The van der Waals surface area contributed by atoms with Gasteiger partial charge in [-0.15, -0.1) is 0 Å². The summed E-state index contributed by atoms with van der Waals surface area (Å²) in [7, 11) is 1.95. The third kappa shape index (κ3) is 2.92. The van der Waals surface area contributed by atoms with Crippen molar-refractivity contribution in [1.29, 1.82) is 5.26 Å². The minimum atomic E-state index is 0.129. The second-order valence-corrected chi connectivity index (χ2v) is 6.44. The van der Waals surface area contributed by atoms with Crippen LogP contribution in [0.25, 0.3) is 0 Å². The highest BCUT2D eigenvalue weighted by Gasteiger charge is 2.33. The second kappa shape index (κ2) is 6.48. The molecular weight excluding hydrogens is 300 g/mol. The van der Waals surface area contributed by atoms with Crippen molar-refractivity contribution < 1.29 is 4.79 Å². The Morgan fingerprint density at radius 3 is 2.62 bits per heavy atom. The molecule has 5 heteroatoms. The fourth-order valence-electron chi connectivity index (χ4n) is 3.61. The van der Waals surface area contributed by atoms with E-state index in [0.29, 0.717) is 12.0 Å². The molecule has 2 aromatic rings. The number of likely N-dealkylation sites (tertiary alicyclic amines) is 1. The molecule has 2 heterocycles. The lowest BCUT2D eigenvalue weighted by Gasteiger charge is -2.25. The highest BCUT2D eigenvalue weighted by atomic mass is 16.2. The number of carbonyl (C=O) groups is 1. The Morgan fingerprint density at radius 2 is 2.04 bits per heavy atom. The zero-order chi connectivity index (χ0) is 17.3. The molecule has 1 aliphatic rings. The van der Waals surface area contributed by atoms with E-state index in [1.807, 2.05) is 35.7 Å². The fraction of sp³-hybridized carbons (Fsp3) is 0.421. The molecule has 124 valence electrons. The number of hydrogen-bond acceptors (Lipinski definition) is 3. The van der Waals surface area contributed by atoms with E-state index in [1.54, 1.807) is 12.1 Å². The third-order valence-electron chi connectivity index (χ3n) is 4.91. The summed E-state index contributed by atoms with van der Waals surface area (Å²) < 4.78 is 1.90. The lowest BCUT2D eigenvalue weighted by Crippen LogP contribution is -2.32. The maximum Gasteiger partial charge on any atom is 0.227 e. The molecule has 1 atom stereocenters. The minimum Gasteiger partial charge on any atom is -0.335 e. The average Bonchev–Trinajstić information content (AvgIpc) is 3.13. The number of aryl methyl sites for hydroxylation is 2. The molecule has 1 fully saturated rings. The summed E-state index contributed by atoms with van der Waals surface area (Å²) >= 11 is 0. The molecule has 1 aliphatic heterocycles. The topological polar surface area (TPSA) is 61.9 Å². The second-order valence-electron chi connectivity index (χ2n) is 6.44. The zero-order valence-electron chi connectivity index (χ0n) is 14.4. The summed E-state index contributed by atoms with van der Waals surface area (Å²) in [5.74, 6) is 0.143. The largest absolute Gasteiger partial charge is 0.335 e. The van der Waals surface area contributed by atoms with Gasteiger partial charge in [-0.2, -0.15) is 10.4 Å². The first-order chi connectivity index (χ1) is 11.5. The van der Waals surface area contributed by atoms with Crippen LogP contribution in [0.2, 0.25) is 0 Å². The highest BCUT2D eigenvalue weighted by molar-refractivity contribution is 5.79. The summed E-state index contributed by atoms with van der Waals surface area (Å²) in [6, 6.07) is 9.48. The van der Waals surface area contributed by atoms with Crippen LogP contribution in [-0.4, -0.2) is 27.1 Å². The molecule has 0 N–H and O–H groups in total. The van der Waals surface area contributed by atoms with Crippen LogP contribution in [-0.2, 0) is 18.3 Å². The molecule has 0 unspecified atom stereocenters. The van der Waals surface area contributed by atoms with Gasteiger partial charge in [-0.05, 0) is 44.4 Å². The standard InChI is InChI=1S/C19H22N4O/c1-13-19(14(2)22(3)21-13)17-5-4-10-23(17)18(24)11-15-6-8-16(12-20)9-7-15/h6-9,17H,4-5,10-11H2,1-3H3/t17-/m1/s1. The number of amides is 1. The van der Waals surface area contributed by atoms with Gasteiger partial charge < -0.3 is 4.90 Å². The molecule has 0 spiro atoms. The Balaban J connectivity index is 1.79. The van der Waals surface area contributed by atoms with Crippen molar-refractivity contribution in [2.24, 2.45) is 7.05 Å². The van der Waals surface area contributed by atoms with E-state index in [0.717, 1.165) is 36.3 Å². The number of rotatable bonds is 3. The van der Waals surface area contributed by atoms with Gasteiger partial charge in [-0.1, -0.05) is 12.1 Å². The van der Waals surface area contributed by atoms with Crippen LogP contribution in [0.5, 0.6) is 0 Å². The van der Waals surface area contributed by atoms with Crippen LogP contribution < -0.4 is 0 Å². The van der Waals surface area contributed by atoms with E-state index < -0.39 is 0 Å². The summed E-state index contributed by atoms with van der Waals surface area (Å²) in [5, 5.41) is 13.4. The van der Waals surface area contributed by atoms with E-state index >= 15 is 0 Å². The van der Waals surface area contributed by atoms with Crippen LogP contribution in [0.3, 0.4) is 0 Å². The summed E-state index contributed by atoms with van der Waals surface area (Å²) in [4.78, 5) is 14.8. The lowest BCUT2D eigenvalue weighted by atomic mass is 10.0. The fourth-order valence-corrected chi connectivity index (χ4v) is 3.61. The number of aromatic nitrogens is 2. The molecule has 0 radical (unpaired) electrons. The molecule has 3 rings (SSSR count). The van der Waals surface area contributed by atoms with Crippen molar-refractivity contribution in [3.8, 4) is 6.07 Å². The maximum absolute atomic E-state index is 12.8. The molecule has 1 saturated heterocycles.